The molecule has 0 aliphatic heterocycles. The van der Waals surface area contributed by atoms with E-state index in [4.69, 9.17) is 9.47 Å². The Balaban J connectivity index is 1.47. The van der Waals surface area contributed by atoms with E-state index in [2.05, 4.69) is 36.2 Å². The van der Waals surface area contributed by atoms with Gasteiger partial charge in [0.25, 0.3) is 0 Å². The predicted molar refractivity (Wildman–Crippen MR) is 125 cm³/mol. The Morgan fingerprint density at radius 2 is 1.16 bits per heavy atom. The van der Waals surface area contributed by atoms with E-state index >= 15 is 0 Å². The molecule has 31 heavy (non-hydrogen) atoms. The van der Waals surface area contributed by atoms with Crippen molar-refractivity contribution in [3.63, 3.8) is 0 Å². The van der Waals surface area contributed by atoms with Gasteiger partial charge in [-0.3, -0.25) is 0 Å². The fourth-order valence-corrected chi connectivity index (χ4v) is 3.83. The number of nitrogens with one attached hydrogen (secondary N) is 4. The van der Waals surface area contributed by atoms with E-state index in [1.165, 1.54) is 64.2 Å². The monoisotopic (exact) mass is 435 g/mol. The van der Waals surface area contributed by atoms with Crippen LogP contribution in [-0.2, 0) is 9.47 Å². The van der Waals surface area contributed by atoms with Crippen LogP contribution in [0.4, 0.5) is 17.8 Å². The largest absolute Gasteiger partial charge is 0.378 e. The van der Waals surface area contributed by atoms with Gasteiger partial charge in [0.15, 0.2) is 0 Å². The number of likely N-dealkylation sites (N-methyl/N-ethyl adjacent to an activating group) is 1. The molecule has 1 aromatic rings. The fraction of sp³-hybridized carbons (Fsp3) is 0.864. The summed E-state index contributed by atoms with van der Waals surface area (Å²) >= 11 is 0. The third-order valence-electron chi connectivity index (χ3n) is 5.91. The Morgan fingerprint density at radius 1 is 0.645 bits per heavy atom. The highest BCUT2D eigenvalue weighted by Crippen LogP contribution is 2.23. The van der Waals surface area contributed by atoms with Gasteiger partial charge < -0.3 is 30.7 Å². The maximum Gasteiger partial charge on any atom is 0.229 e. The van der Waals surface area contributed by atoms with Gasteiger partial charge in [-0.15, -0.1) is 0 Å². The quantitative estimate of drug-likeness (QED) is 0.328. The van der Waals surface area contributed by atoms with Crippen LogP contribution in [0.1, 0.15) is 64.2 Å². The van der Waals surface area contributed by atoms with Crippen LogP contribution in [-0.4, -0.2) is 73.6 Å². The topological polar surface area (TPSA) is 105 Å². The molecule has 9 heteroatoms. The molecule has 0 spiro atoms. The van der Waals surface area contributed by atoms with Gasteiger partial charge in [-0.2, -0.15) is 15.0 Å². The highest BCUT2D eigenvalue weighted by molar-refractivity contribution is 5.43. The molecule has 2 aliphatic rings. The second-order valence-corrected chi connectivity index (χ2v) is 8.52. The van der Waals surface area contributed by atoms with Crippen LogP contribution in [0.5, 0.6) is 0 Å². The van der Waals surface area contributed by atoms with Crippen LogP contribution in [0.25, 0.3) is 0 Å². The third-order valence-corrected chi connectivity index (χ3v) is 5.91. The van der Waals surface area contributed by atoms with Crippen LogP contribution in [0.2, 0.25) is 0 Å². The molecule has 0 saturated heterocycles. The fourth-order valence-electron chi connectivity index (χ4n) is 3.83. The van der Waals surface area contributed by atoms with Crippen molar-refractivity contribution in [3.8, 4) is 0 Å². The average Bonchev–Trinajstić information content (AvgIpc) is 2.71. The summed E-state index contributed by atoms with van der Waals surface area (Å²) in [6.45, 7) is 3.99. The molecule has 0 unspecified atom stereocenters. The highest BCUT2D eigenvalue weighted by Gasteiger charge is 2.20. The summed E-state index contributed by atoms with van der Waals surface area (Å²) in [4.78, 5) is 13.9. The lowest BCUT2D eigenvalue weighted by Crippen LogP contribution is -2.29. The maximum atomic E-state index is 5.62. The molecule has 1 aromatic heterocycles. The number of rotatable bonds is 14. The van der Waals surface area contributed by atoms with E-state index in [9.17, 15) is 0 Å². The SMILES string of the molecule is CNCCOCCOCCNc1nc(NC2CCCCCCC2)nc(NC2CCC2)n1. The summed E-state index contributed by atoms with van der Waals surface area (Å²) in [5.41, 5.74) is 0. The molecule has 0 bridgehead atoms. The second kappa shape index (κ2) is 14.4. The lowest BCUT2D eigenvalue weighted by molar-refractivity contribution is 0.0531. The molecule has 0 radical (unpaired) electrons. The molecule has 2 aliphatic carbocycles. The number of ether oxygens (including phenoxy) is 2. The Bertz CT molecular complexity index is 608. The highest BCUT2D eigenvalue weighted by atomic mass is 16.5. The van der Waals surface area contributed by atoms with Gasteiger partial charge in [0.2, 0.25) is 17.8 Å². The van der Waals surface area contributed by atoms with Crippen molar-refractivity contribution in [2.75, 3.05) is 62.5 Å². The zero-order valence-corrected chi connectivity index (χ0v) is 19.1. The minimum atomic E-state index is 0.443. The molecule has 9 nitrogen and oxygen atoms in total. The van der Waals surface area contributed by atoms with Gasteiger partial charge in [0.1, 0.15) is 0 Å². The minimum absolute atomic E-state index is 0.443. The summed E-state index contributed by atoms with van der Waals surface area (Å²) in [5.74, 6) is 1.93. The van der Waals surface area contributed by atoms with Crippen LogP contribution in [0.3, 0.4) is 0 Å². The van der Waals surface area contributed by atoms with E-state index in [1.807, 2.05) is 7.05 Å². The molecular weight excluding hydrogens is 394 g/mol. The number of anilines is 3. The summed E-state index contributed by atoms with van der Waals surface area (Å²) in [6.07, 6.45) is 12.6. The van der Waals surface area contributed by atoms with Gasteiger partial charge in [-0.1, -0.05) is 32.1 Å². The second-order valence-electron chi connectivity index (χ2n) is 8.52. The van der Waals surface area contributed by atoms with E-state index in [0.717, 1.165) is 6.54 Å². The number of nitrogens with zero attached hydrogens (tertiary/aromatic N) is 3. The van der Waals surface area contributed by atoms with Crippen LogP contribution in [0, 0.1) is 0 Å². The lowest BCUT2D eigenvalue weighted by Gasteiger charge is -2.27. The van der Waals surface area contributed by atoms with E-state index < -0.39 is 0 Å². The van der Waals surface area contributed by atoms with Gasteiger partial charge in [0.05, 0.1) is 26.4 Å². The van der Waals surface area contributed by atoms with Crippen molar-refractivity contribution in [2.24, 2.45) is 0 Å². The van der Waals surface area contributed by atoms with Crippen molar-refractivity contribution < 1.29 is 9.47 Å². The number of hydrogen-bond donors (Lipinski definition) is 4. The van der Waals surface area contributed by atoms with Crippen molar-refractivity contribution >= 4 is 17.8 Å². The van der Waals surface area contributed by atoms with Gasteiger partial charge in [-0.05, 0) is 39.2 Å². The van der Waals surface area contributed by atoms with Gasteiger partial charge in [0, 0.05) is 25.2 Å². The Kier molecular flexibility index (Phi) is 11.1. The summed E-state index contributed by atoms with van der Waals surface area (Å²) in [5, 5.41) is 13.4. The van der Waals surface area contributed by atoms with Crippen LogP contribution >= 0.6 is 0 Å². The zero-order valence-electron chi connectivity index (χ0n) is 19.1. The van der Waals surface area contributed by atoms with Gasteiger partial charge >= 0.3 is 0 Å². The summed E-state index contributed by atoms with van der Waals surface area (Å²) in [6, 6.07) is 0.925. The van der Waals surface area contributed by atoms with E-state index in [1.54, 1.807) is 0 Å². The number of hydrogen-bond acceptors (Lipinski definition) is 9. The molecule has 2 saturated carbocycles. The summed E-state index contributed by atoms with van der Waals surface area (Å²) in [7, 11) is 1.92. The molecule has 1 heterocycles. The minimum Gasteiger partial charge on any atom is -0.378 e. The first-order valence-electron chi connectivity index (χ1n) is 12.2. The average molecular weight is 436 g/mol. The van der Waals surface area contributed by atoms with Crippen LogP contribution < -0.4 is 21.3 Å². The van der Waals surface area contributed by atoms with Crippen molar-refractivity contribution in [2.45, 2.75) is 76.3 Å². The van der Waals surface area contributed by atoms with E-state index in [0.29, 0.717) is 62.9 Å². The van der Waals surface area contributed by atoms with Crippen molar-refractivity contribution in [1.82, 2.24) is 20.3 Å². The molecule has 0 aromatic carbocycles. The first-order chi connectivity index (χ1) is 15.3. The first kappa shape index (κ1) is 23.9. The first-order valence-corrected chi connectivity index (χ1v) is 12.2. The van der Waals surface area contributed by atoms with Gasteiger partial charge in [-0.25, -0.2) is 0 Å². The molecule has 0 amide bonds. The van der Waals surface area contributed by atoms with Crippen LogP contribution in [0.15, 0.2) is 0 Å². The maximum absolute atomic E-state index is 5.62. The van der Waals surface area contributed by atoms with Crippen molar-refractivity contribution in [1.29, 1.82) is 0 Å². The molecule has 3 rings (SSSR count). The van der Waals surface area contributed by atoms with E-state index in [-0.39, 0.29) is 0 Å². The van der Waals surface area contributed by atoms with Crippen molar-refractivity contribution in [3.05, 3.63) is 0 Å². The Morgan fingerprint density at radius 3 is 1.71 bits per heavy atom. The lowest BCUT2D eigenvalue weighted by atomic mass is 9.93. The molecular formula is C22H41N7O2. The molecule has 2 fully saturated rings. The molecule has 0 atom stereocenters. The third kappa shape index (κ3) is 9.53. The summed E-state index contributed by atoms with van der Waals surface area (Å²) < 4.78 is 11.1. The molecule has 176 valence electrons. The smallest absolute Gasteiger partial charge is 0.229 e. The zero-order chi connectivity index (χ0) is 21.6. The standard InChI is InChI=1S/C22H41N7O2/c1-23-12-14-30-16-17-31-15-13-24-20-27-21(25-18-8-5-3-2-4-6-9-18)29-22(28-20)26-19-10-7-11-19/h18-19,23H,2-17H2,1H3,(H3,24,25,26,27,28,29). The number of aromatic nitrogens is 3. The predicted octanol–water partition coefficient (Wildman–Crippen LogP) is 3.03. The normalized spacial score (nSPS) is 18.1. The Hall–Kier alpha value is -1.71. The Labute approximate surface area is 186 Å². The molecule has 4 N–H and O–H groups in total.